The lowest BCUT2D eigenvalue weighted by Crippen LogP contribution is -1.92. The van der Waals surface area contributed by atoms with Crippen LogP contribution in [0.25, 0.3) is 0 Å². The van der Waals surface area contributed by atoms with Crippen LogP contribution in [0.2, 0.25) is 0 Å². The average molecular weight is 401 g/mol. The number of aromatic hydroxyl groups is 1. The van der Waals surface area contributed by atoms with Crippen molar-refractivity contribution in [3.05, 3.63) is 55.1 Å². The molecule has 102 valence electrons. The molecular formula is C12H7Br2N3O3. The van der Waals surface area contributed by atoms with Crippen molar-refractivity contribution in [3.8, 4) is 5.75 Å². The number of non-ortho nitro benzene ring substituents is 1. The van der Waals surface area contributed by atoms with Crippen molar-refractivity contribution in [1.82, 2.24) is 4.98 Å². The van der Waals surface area contributed by atoms with Crippen LogP contribution in [0, 0.1) is 10.1 Å². The van der Waals surface area contributed by atoms with Gasteiger partial charge in [0.1, 0.15) is 5.75 Å². The number of nitro benzene ring substituents is 1. The summed E-state index contributed by atoms with van der Waals surface area (Å²) < 4.78 is 1.05. The van der Waals surface area contributed by atoms with Crippen LogP contribution in [-0.4, -0.2) is 21.2 Å². The molecule has 0 aliphatic carbocycles. The minimum absolute atomic E-state index is 0.114. The van der Waals surface area contributed by atoms with Crippen molar-refractivity contribution in [2.45, 2.75) is 0 Å². The Morgan fingerprint density at radius 1 is 1.35 bits per heavy atom. The van der Waals surface area contributed by atoms with E-state index in [4.69, 9.17) is 0 Å². The predicted octanol–water partition coefficient (Wildman–Crippen LogP) is 3.97. The second-order valence-corrected chi connectivity index (χ2v) is 5.49. The highest BCUT2D eigenvalue weighted by molar-refractivity contribution is 9.10. The molecule has 0 spiro atoms. The van der Waals surface area contributed by atoms with Gasteiger partial charge in [0, 0.05) is 34.6 Å². The van der Waals surface area contributed by atoms with Crippen molar-refractivity contribution in [2.24, 2.45) is 4.99 Å². The normalized spacial score (nSPS) is 10.9. The minimum atomic E-state index is -0.542. The van der Waals surface area contributed by atoms with E-state index in [1.54, 1.807) is 18.3 Å². The van der Waals surface area contributed by atoms with Crippen molar-refractivity contribution in [2.75, 3.05) is 0 Å². The Kier molecular flexibility index (Phi) is 4.46. The Morgan fingerprint density at radius 3 is 2.70 bits per heavy atom. The fraction of sp³-hybridized carbons (Fsp3) is 0. The predicted molar refractivity (Wildman–Crippen MR) is 81.7 cm³/mol. The smallest absolute Gasteiger partial charge is 0.271 e. The highest BCUT2D eigenvalue weighted by Crippen LogP contribution is 2.31. The average Bonchev–Trinajstić information content (AvgIpc) is 2.42. The van der Waals surface area contributed by atoms with Gasteiger partial charge >= 0.3 is 0 Å². The Labute approximate surface area is 130 Å². The SMILES string of the molecule is O=[N+]([O-])c1cc(Br)c(O)c(C=Nc2ccc(Br)cn2)c1. The summed E-state index contributed by atoms with van der Waals surface area (Å²) in [4.78, 5) is 18.3. The largest absolute Gasteiger partial charge is 0.506 e. The van der Waals surface area contributed by atoms with E-state index < -0.39 is 4.92 Å². The van der Waals surface area contributed by atoms with E-state index in [0.29, 0.717) is 5.82 Å². The standard InChI is InChI=1S/C12H7Br2N3O3/c13-8-1-2-11(16-6-8)15-5-7-3-9(17(19)20)4-10(14)12(7)18/h1-6,18H. The van der Waals surface area contributed by atoms with Crippen molar-refractivity contribution in [1.29, 1.82) is 0 Å². The van der Waals surface area contributed by atoms with E-state index >= 15 is 0 Å². The number of pyridine rings is 1. The number of nitrogens with zero attached hydrogens (tertiary/aromatic N) is 3. The zero-order chi connectivity index (χ0) is 14.7. The van der Waals surface area contributed by atoms with Gasteiger partial charge in [0.15, 0.2) is 5.82 Å². The Hall–Kier alpha value is -1.80. The maximum Gasteiger partial charge on any atom is 0.271 e. The third-order valence-electron chi connectivity index (χ3n) is 2.34. The van der Waals surface area contributed by atoms with Gasteiger partial charge in [-0.3, -0.25) is 10.1 Å². The Bertz CT molecular complexity index is 687. The number of phenolic OH excluding ortho intramolecular Hbond substituents is 1. The number of aliphatic imine (C=N–C) groups is 1. The van der Waals surface area contributed by atoms with E-state index in [2.05, 4.69) is 41.8 Å². The molecule has 0 bridgehead atoms. The number of hydrogen-bond donors (Lipinski definition) is 1. The van der Waals surface area contributed by atoms with E-state index in [1.807, 2.05) is 0 Å². The van der Waals surface area contributed by atoms with Crippen LogP contribution >= 0.6 is 31.9 Å². The highest BCUT2D eigenvalue weighted by Gasteiger charge is 2.13. The van der Waals surface area contributed by atoms with E-state index in [1.165, 1.54) is 18.3 Å². The molecule has 1 aromatic carbocycles. The number of halogens is 2. The van der Waals surface area contributed by atoms with Crippen molar-refractivity contribution in [3.63, 3.8) is 0 Å². The van der Waals surface area contributed by atoms with Crippen LogP contribution in [0.1, 0.15) is 5.56 Å². The van der Waals surface area contributed by atoms with Crippen LogP contribution < -0.4 is 0 Å². The third-order valence-corrected chi connectivity index (χ3v) is 3.41. The zero-order valence-electron chi connectivity index (χ0n) is 9.83. The molecule has 0 atom stereocenters. The highest BCUT2D eigenvalue weighted by atomic mass is 79.9. The van der Waals surface area contributed by atoms with Crippen LogP contribution in [0.15, 0.2) is 44.4 Å². The summed E-state index contributed by atoms with van der Waals surface area (Å²) in [6.45, 7) is 0. The van der Waals surface area contributed by atoms with Crippen LogP contribution in [0.5, 0.6) is 5.75 Å². The van der Waals surface area contributed by atoms with E-state index in [0.717, 1.165) is 4.47 Å². The molecule has 1 aromatic heterocycles. The molecule has 0 amide bonds. The number of aromatic nitrogens is 1. The topological polar surface area (TPSA) is 88.6 Å². The molecule has 6 nitrogen and oxygen atoms in total. The number of phenols is 1. The summed E-state index contributed by atoms with van der Waals surface area (Å²) in [5, 5.41) is 20.6. The summed E-state index contributed by atoms with van der Waals surface area (Å²) in [5.74, 6) is 0.312. The summed E-state index contributed by atoms with van der Waals surface area (Å²) in [5.41, 5.74) is 0.0932. The maximum atomic E-state index is 10.8. The van der Waals surface area contributed by atoms with Crippen LogP contribution in [0.4, 0.5) is 11.5 Å². The zero-order valence-corrected chi connectivity index (χ0v) is 13.0. The molecule has 0 saturated heterocycles. The summed E-state index contributed by atoms with van der Waals surface area (Å²) in [6.07, 6.45) is 2.90. The monoisotopic (exact) mass is 399 g/mol. The molecule has 0 unspecified atom stereocenters. The lowest BCUT2D eigenvalue weighted by atomic mass is 10.2. The lowest BCUT2D eigenvalue weighted by Gasteiger charge is -2.01. The first-order chi connectivity index (χ1) is 9.47. The first-order valence-corrected chi connectivity index (χ1v) is 6.88. The molecular weight excluding hydrogens is 394 g/mol. The third kappa shape index (κ3) is 3.40. The fourth-order valence-corrected chi connectivity index (χ4v) is 2.09. The quantitative estimate of drug-likeness (QED) is 0.479. The number of rotatable bonds is 3. The number of hydrogen-bond acceptors (Lipinski definition) is 5. The summed E-state index contributed by atoms with van der Waals surface area (Å²) in [7, 11) is 0. The first-order valence-electron chi connectivity index (χ1n) is 5.30. The molecule has 2 rings (SSSR count). The van der Waals surface area contributed by atoms with Gasteiger partial charge in [-0.1, -0.05) is 0 Å². The molecule has 20 heavy (non-hydrogen) atoms. The molecule has 0 aliphatic heterocycles. The van der Waals surface area contributed by atoms with Gasteiger partial charge in [-0.2, -0.15) is 0 Å². The molecule has 2 aromatic rings. The number of nitro groups is 1. The molecule has 0 radical (unpaired) electrons. The summed E-state index contributed by atoms with van der Waals surface area (Å²) in [6, 6.07) is 5.90. The summed E-state index contributed by atoms with van der Waals surface area (Å²) >= 11 is 6.32. The van der Waals surface area contributed by atoms with Gasteiger partial charge in [-0.25, -0.2) is 9.98 Å². The van der Waals surface area contributed by atoms with Crippen molar-refractivity contribution >= 4 is 49.6 Å². The molecule has 8 heteroatoms. The van der Waals surface area contributed by atoms with E-state index in [9.17, 15) is 15.2 Å². The maximum absolute atomic E-state index is 10.8. The van der Waals surface area contributed by atoms with Gasteiger partial charge in [0.05, 0.1) is 9.40 Å². The Balaban J connectivity index is 2.37. The fourth-order valence-electron chi connectivity index (χ4n) is 1.39. The van der Waals surface area contributed by atoms with Crippen LogP contribution in [0.3, 0.4) is 0 Å². The molecule has 0 fully saturated rings. The van der Waals surface area contributed by atoms with Gasteiger partial charge < -0.3 is 5.11 Å². The van der Waals surface area contributed by atoms with Crippen LogP contribution in [-0.2, 0) is 0 Å². The molecule has 0 saturated carbocycles. The Morgan fingerprint density at radius 2 is 2.10 bits per heavy atom. The first kappa shape index (κ1) is 14.6. The molecule has 1 N–H and O–H groups in total. The second-order valence-electron chi connectivity index (χ2n) is 3.72. The lowest BCUT2D eigenvalue weighted by molar-refractivity contribution is -0.385. The van der Waals surface area contributed by atoms with E-state index in [-0.39, 0.29) is 21.5 Å². The molecule has 0 aliphatic rings. The second kappa shape index (κ2) is 6.10. The number of benzene rings is 1. The molecule has 1 heterocycles. The minimum Gasteiger partial charge on any atom is -0.506 e. The van der Waals surface area contributed by atoms with Gasteiger partial charge in [-0.15, -0.1) is 0 Å². The van der Waals surface area contributed by atoms with Gasteiger partial charge in [-0.05, 0) is 44.0 Å². The van der Waals surface area contributed by atoms with Crippen molar-refractivity contribution < 1.29 is 10.0 Å². The van der Waals surface area contributed by atoms with Gasteiger partial charge in [0.25, 0.3) is 5.69 Å². The van der Waals surface area contributed by atoms with Gasteiger partial charge in [0.2, 0.25) is 0 Å².